The van der Waals surface area contributed by atoms with Gasteiger partial charge in [0.05, 0.1) is 23.9 Å². The van der Waals surface area contributed by atoms with Gasteiger partial charge in [0.1, 0.15) is 5.75 Å². The highest BCUT2D eigenvalue weighted by Crippen LogP contribution is 2.34. The van der Waals surface area contributed by atoms with Crippen LogP contribution in [-0.4, -0.2) is 16.2 Å². The number of nitrogens with zero attached hydrogens (tertiary/aromatic N) is 1. The van der Waals surface area contributed by atoms with Gasteiger partial charge >= 0.3 is 0 Å². The fourth-order valence-electron chi connectivity index (χ4n) is 3.16. The molecule has 3 nitrogen and oxygen atoms in total. The van der Waals surface area contributed by atoms with Crippen LogP contribution in [0.2, 0.25) is 0 Å². The van der Waals surface area contributed by atoms with Crippen LogP contribution in [0.4, 0.5) is 0 Å². The maximum absolute atomic E-state index is 9.39. The first-order valence-corrected chi connectivity index (χ1v) is 7.83. The molecule has 1 aromatic carbocycles. The lowest BCUT2D eigenvalue weighted by molar-refractivity contribution is 0.102. The number of fused-ring (bicyclic) bond motifs is 1. The van der Waals surface area contributed by atoms with E-state index in [9.17, 15) is 5.11 Å². The lowest BCUT2D eigenvalue weighted by Crippen LogP contribution is -2.28. The van der Waals surface area contributed by atoms with Crippen molar-refractivity contribution in [1.82, 2.24) is 4.98 Å². The molecule has 1 saturated carbocycles. The van der Waals surface area contributed by atoms with E-state index in [0.717, 1.165) is 35.4 Å². The summed E-state index contributed by atoms with van der Waals surface area (Å²) < 4.78 is 6.28. The van der Waals surface area contributed by atoms with Gasteiger partial charge in [-0.1, -0.05) is 26.0 Å². The highest BCUT2D eigenvalue weighted by molar-refractivity contribution is 5.85. The minimum atomic E-state index is -0.0563. The van der Waals surface area contributed by atoms with Crippen molar-refractivity contribution in [2.45, 2.75) is 45.8 Å². The zero-order valence-corrected chi connectivity index (χ0v) is 12.7. The molecule has 3 heteroatoms. The maximum Gasteiger partial charge on any atom is 0.131 e. The molecule has 1 aliphatic rings. The molecule has 0 saturated heterocycles. The van der Waals surface area contributed by atoms with E-state index < -0.39 is 0 Å². The lowest BCUT2D eigenvalue weighted by atomic mass is 9.80. The number of rotatable bonds is 3. The van der Waals surface area contributed by atoms with Crippen LogP contribution in [0.15, 0.2) is 30.3 Å². The van der Waals surface area contributed by atoms with Crippen molar-refractivity contribution in [3.8, 4) is 5.75 Å². The number of benzene rings is 1. The number of aliphatic hydroxyl groups excluding tert-OH is 1. The van der Waals surface area contributed by atoms with Gasteiger partial charge < -0.3 is 9.84 Å². The van der Waals surface area contributed by atoms with Crippen molar-refractivity contribution < 1.29 is 9.84 Å². The molecular formula is C18H23NO2. The maximum atomic E-state index is 9.39. The third-order valence-corrected chi connectivity index (χ3v) is 4.74. The van der Waals surface area contributed by atoms with Gasteiger partial charge in [0.15, 0.2) is 0 Å². The van der Waals surface area contributed by atoms with Crippen molar-refractivity contribution in [2.75, 3.05) is 0 Å². The predicted molar refractivity (Wildman–Crippen MR) is 84.3 cm³/mol. The molecule has 3 unspecified atom stereocenters. The zero-order chi connectivity index (χ0) is 14.8. The average Bonchev–Trinajstić information content (AvgIpc) is 2.51. The summed E-state index contributed by atoms with van der Waals surface area (Å²) in [6, 6.07) is 9.84. The van der Waals surface area contributed by atoms with E-state index in [0.29, 0.717) is 11.6 Å². The fourth-order valence-corrected chi connectivity index (χ4v) is 3.16. The Balaban J connectivity index is 1.89. The smallest absolute Gasteiger partial charge is 0.131 e. The van der Waals surface area contributed by atoms with Crippen molar-refractivity contribution in [1.29, 1.82) is 0 Å². The van der Waals surface area contributed by atoms with Crippen LogP contribution in [0.5, 0.6) is 5.75 Å². The molecule has 1 fully saturated rings. The fraction of sp³-hybridized carbons (Fsp3) is 0.500. The second kappa shape index (κ2) is 6.02. The van der Waals surface area contributed by atoms with Crippen LogP contribution in [0.25, 0.3) is 10.9 Å². The molecule has 0 aliphatic heterocycles. The highest BCUT2D eigenvalue weighted by atomic mass is 16.5. The van der Waals surface area contributed by atoms with Gasteiger partial charge in [0.25, 0.3) is 0 Å². The minimum absolute atomic E-state index is 0.0563. The summed E-state index contributed by atoms with van der Waals surface area (Å²) in [7, 11) is 0. The summed E-state index contributed by atoms with van der Waals surface area (Å²) in [4.78, 5) is 4.44. The second-order valence-corrected chi connectivity index (χ2v) is 6.29. The molecule has 1 N–H and O–H groups in total. The number of hydrogen-bond acceptors (Lipinski definition) is 3. The molecule has 3 atom stereocenters. The molecule has 1 aliphatic carbocycles. The summed E-state index contributed by atoms with van der Waals surface area (Å²) in [6.07, 6.45) is 3.71. The van der Waals surface area contributed by atoms with Gasteiger partial charge in [-0.25, -0.2) is 0 Å². The van der Waals surface area contributed by atoms with Crippen molar-refractivity contribution >= 4 is 10.9 Å². The Bertz CT molecular complexity index is 626. The van der Waals surface area contributed by atoms with E-state index in [1.807, 2.05) is 30.3 Å². The molecule has 2 aromatic rings. The molecule has 0 bridgehead atoms. The van der Waals surface area contributed by atoms with Gasteiger partial charge in [-0.15, -0.1) is 0 Å². The largest absolute Gasteiger partial charge is 0.490 e. The highest BCUT2D eigenvalue weighted by Gasteiger charge is 2.26. The van der Waals surface area contributed by atoms with Gasteiger partial charge in [0.2, 0.25) is 0 Å². The number of pyridine rings is 1. The van der Waals surface area contributed by atoms with Gasteiger partial charge in [-0.3, -0.25) is 4.98 Å². The van der Waals surface area contributed by atoms with E-state index in [1.165, 1.54) is 6.42 Å². The Hall–Kier alpha value is -1.61. The van der Waals surface area contributed by atoms with Crippen LogP contribution in [0, 0.1) is 11.8 Å². The topological polar surface area (TPSA) is 42.4 Å². The molecule has 1 heterocycles. The van der Waals surface area contributed by atoms with Crippen LogP contribution in [0.3, 0.4) is 0 Å². The SMILES string of the molecule is CC1CCC(Oc2cc(CO)nc3ccccc23)CC1C. The standard InChI is InChI=1S/C18H23NO2/c1-12-7-8-15(9-13(12)2)21-18-10-14(11-20)19-17-6-4-3-5-16(17)18/h3-6,10,12-13,15,20H,7-9,11H2,1-2H3. The summed E-state index contributed by atoms with van der Waals surface area (Å²) >= 11 is 0. The first-order chi connectivity index (χ1) is 10.2. The second-order valence-electron chi connectivity index (χ2n) is 6.29. The Morgan fingerprint density at radius 1 is 1.19 bits per heavy atom. The van der Waals surface area contributed by atoms with E-state index >= 15 is 0 Å². The number of aliphatic hydroxyl groups is 1. The Morgan fingerprint density at radius 2 is 2.00 bits per heavy atom. The molecule has 0 amide bonds. The van der Waals surface area contributed by atoms with E-state index in [2.05, 4.69) is 18.8 Å². The third-order valence-electron chi connectivity index (χ3n) is 4.74. The Kier molecular flexibility index (Phi) is 4.11. The summed E-state index contributed by atoms with van der Waals surface area (Å²) in [5.74, 6) is 2.35. The lowest BCUT2D eigenvalue weighted by Gasteiger charge is -2.32. The van der Waals surface area contributed by atoms with Crippen LogP contribution in [-0.2, 0) is 6.61 Å². The summed E-state index contributed by atoms with van der Waals surface area (Å²) in [5, 5.41) is 10.4. The number of para-hydroxylation sites is 1. The normalized spacial score (nSPS) is 26.0. The molecule has 0 radical (unpaired) electrons. The number of ether oxygens (including phenoxy) is 1. The minimum Gasteiger partial charge on any atom is -0.490 e. The predicted octanol–water partition coefficient (Wildman–Crippen LogP) is 3.93. The Morgan fingerprint density at radius 3 is 2.76 bits per heavy atom. The molecule has 112 valence electrons. The third kappa shape index (κ3) is 3.03. The number of aromatic nitrogens is 1. The quantitative estimate of drug-likeness (QED) is 0.929. The zero-order valence-electron chi connectivity index (χ0n) is 12.7. The van der Waals surface area contributed by atoms with E-state index in [1.54, 1.807) is 0 Å². The summed E-state index contributed by atoms with van der Waals surface area (Å²) in [6.45, 7) is 4.58. The monoisotopic (exact) mass is 285 g/mol. The molecule has 3 rings (SSSR count). The molecular weight excluding hydrogens is 262 g/mol. The van der Waals surface area contributed by atoms with Crippen molar-refractivity contribution in [3.63, 3.8) is 0 Å². The van der Waals surface area contributed by atoms with Gasteiger partial charge in [-0.2, -0.15) is 0 Å². The Labute approximate surface area is 126 Å². The molecule has 1 aromatic heterocycles. The van der Waals surface area contributed by atoms with Crippen LogP contribution in [0.1, 0.15) is 38.8 Å². The van der Waals surface area contributed by atoms with E-state index in [-0.39, 0.29) is 12.7 Å². The molecule has 0 spiro atoms. The van der Waals surface area contributed by atoms with Gasteiger partial charge in [-0.05, 0) is 43.2 Å². The van der Waals surface area contributed by atoms with Gasteiger partial charge in [0, 0.05) is 11.5 Å². The number of hydrogen-bond donors (Lipinski definition) is 1. The van der Waals surface area contributed by atoms with Crippen LogP contribution < -0.4 is 4.74 Å². The van der Waals surface area contributed by atoms with Crippen molar-refractivity contribution in [3.05, 3.63) is 36.0 Å². The first-order valence-electron chi connectivity index (χ1n) is 7.83. The van der Waals surface area contributed by atoms with Crippen LogP contribution >= 0.6 is 0 Å². The summed E-state index contributed by atoms with van der Waals surface area (Å²) in [5.41, 5.74) is 1.55. The molecule has 21 heavy (non-hydrogen) atoms. The van der Waals surface area contributed by atoms with E-state index in [4.69, 9.17) is 4.74 Å². The van der Waals surface area contributed by atoms with Crippen molar-refractivity contribution in [2.24, 2.45) is 11.8 Å². The first kappa shape index (κ1) is 14.3. The average molecular weight is 285 g/mol.